The Kier molecular flexibility index (Phi) is 2.89. The molecule has 5 heavy (non-hydrogen) atoms. The summed E-state index contributed by atoms with van der Waals surface area (Å²) in [5.41, 5.74) is 7.36. The summed E-state index contributed by atoms with van der Waals surface area (Å²) in [6.45, 7) is 0. The van der Waals surface area contributed by atoms with Crippen molar-refractivity contribution in [2.45, 2.75) is 0 Å². The average Bonchev–Trinajstić information content (AvgIpc) is 1.41. The van der Waals surface area contributed by atoms with Crippen LogP contribution < -0.4 is 0 Å². The molecule has 0 bridgehead atoms. The van der Waals surface area contributed by atoms with Crippen LogP contribution in [-0.4, -0.2) is 12.6 Å². The second-order valence-electron chi connectivity index (χ2n) is 0.372. The van der Waals surface area contributed by atoms with E-state index in [2.05, 4.69) is 9.94 Å². The predicted octanol–water partition coefficient (Wildman–Crippen LogP) is -0.445. The van der Waals surface area contributed by atoms with Gasteiger partial charge in [-0.15, -0.1) is 5.03 Å². The van der Waals surface area contributed by atoms with Crippen molar-refractivity contribution in [3.63, 3.8) is 0 Å². The third kappa shape index (κ3) is 3.33. The van der Waals surface area contributed by atoms with Crippen LogP contribution in [0.15, 0.2) is 5.03 Å². The zero-order valence-electron chi connectivity index (χ0n) is 2.50. The minimum absolute atomic E-state index is 0.448. The monoisotopic (exact) mass is 71.0 g/mol. The first-order valence-corrected chi connectivity index (χ1v) is 1.03. The molecule has 0 saturated carbocycles. The van der Waals surface area contributed by atoms with Gasteiger partial charge < -0.3 is 5.02 Å². The maximum atomic E-state index is 7.65. The molecule has 0 aliphatic carbocycles. The summed E-state index contributed by atoms with van der Waals surface area (Å²) in [5.74, 6) is 0. The summed E-state index contributed by atoms with van der Waals surface area (Å²) in [6, 6.07) is 0. The molecule has 0 aromatic heterocycles. The lowest BCUT2D eigenvalue weighted by Crippen LogP contribution is -1.71. The average molecular weight is 70.8 g/mol. The minimum atomic E-state index is -0.448. The molecule has 4 nitrogen and oxygen atoms in total. The zero-order chi connectivity index (χ0) is 4.12. The second kappa shape index (κ2) is 3.33. The molecule has 0 aliphatic heterocycles. The van der Waals surface area contributed by atoms with Crippen molar-refractivity contribution >= 4 is 7.62 Å². The Morgan fingerprint density at radius 3 is 2.60 bits per heavy atom. The predicted molar refractivity (Wildman–Crippen MR) is 18.5 cm³/mol. The number of azide groups is 1. The van der Waals surface area contributed by atoms with Crippen molar-refractivity contribution in [2.24, 2.45) is 5.03 Å². The van der Waals surface area contributed by atoms with Gasteiger partial charge >= 0.3 is 7.62 Å². The minimum Gasteiger partial charge on any atom is -0.449 e. The third-order valence-electron chi connectivity index (χ3n) is 0.126. The van der Waals surface area contributed by atoms with E-state index in [9.17, 15) is 0 Å². The van der Waals surface area contributed by atoms with Crippen LogP contribution in [0.1, 0.15) is 0 Å². The van der Waals surface area contributed by atoms with Crippen molar-refractivity contribution in [1.29, 1.82) is 0 Å². The molecule has 0 aromatic rings. The molecule has 5 heteroatoms. The van der Waals surface area contributed by atoms with Gasteiger partial charge in [0.1, 0.15) is 0 Å². The molecule has 0 aliphatic rings. The molecule has 0 aromatic carbocycles. The molecule has 26 valence electrons. The molecule has 0 rings (SSSR count). The second-order valence-corrected chi connectivity index (χ2v) is 0.372. The molecule has 0 spiro atoms. The Balaban J connectivity index is 2.93. The highest BCUT2D eigenvalue weighted by atomic mass is 16.2. The van der Waals surface area contributed by atoms with Gasteiger partial charge in [0, 0.05) is 0 Å². The van der Waals surface area contributed by atoms with Crippen LogP contribution in [0, 0.1) is 0 Å². The van der Waals surface area contributed by atoms with Crippen molar-refractivity contribution in [3.05, 3.63) is 10.4 Å². The highest BCUT2D eigenvalue weighted by Crippen LogP contribution is 1.53. The van der Waals surface area contributed by atoms with E-state index in [1.54, 1.807) is 0 Å². The Bertz CT molecular complexity index is 53.9. The first kappa shape index (κ1) is 4.33. The van der Waals surface area contributed by atoms with Crippen LogP contribution in [-0.2, 0) is 0 Å². The summed E-state index contributed by atoms with van der Waals surface area (Å²) in [7, 11) is -0.448. The summed E-state index contributed by atoms with van der Waals surface area (Å²) in [6.07, 6.45) is 0. The van der Waals surface area contributed by atoms with E-state index in [4.69, 9.17) is 10.6 Å². The largest absolute Gasteiger partial charge is 0.449 e. The van der Waals surface area contributed by atoms with Crippen molar-refractivity contribution in [1.82, 2.24) is 0 Å². The Labute approximate surface area is 29.3 Å². The molecule has 0 unspecified atom stereocenters. The summed E-state index contributed by atoms with van der Waals surface area (Å²) < 4.78 is 0. The van der Waals surface area contributed by atoms with Crippen LogP contribution in [0.2, 0.25) is 0 Å². The zero-order valence-corrected chi connectivity index (χ0v) is 2.50. The first-order valence-electron chi connectivity index (χ1n) is 1.03. The number of hydrogen-bond acceptors (Lipinski definition) is 2. The van der Waals surface area contributed by atoms with E-state index >= 15 is 0 Å². The Hall–Kier alpha value is -0.665. The summed E-state index contributed by atoms with van der Waals surface area (Å²) in [4.78, 5) is 2.23. The summed E-state index contributed by atoms with van der Waals surface area (Å²) in [5, 5.41) is 10.4. The molecular formula is H2BN3O. The molecule has 0 heterocycles. The Morgan fingerprint density at radius 2 is 2.60 bits per heavy atom. The van der Waals surface area contributed by atoms with E-state index in [1.807, 2.05) is 0 Å². The molecule has 0 amide bonds. The van der Waals surface area contributed by atoms with Crippen LogP contribution in [0.5, 0.6) is 0 Å². The Morgan fingerprint density at radius 1 is 2.00 bits per heavy atom. The quantitative estimate of drug-likeness (QED) is 0.193. The van der Waals surface area contributed by atoms with Gasteiger partial charge in [-0.3, -0.25) is 0 Å². The van der Waals surface area contributed by atoms with Crippen molar-refractivity contribution in [2.75, 3.05) is 0 Å². The van der Waals surface area contributed by atoms with Gasteiger partial charge in [-0.1, -0.05) is 0 Å². The summed E-state index contributed by atoms with van der Waals surface area (Å²) >= 11 is 0. The maximum absolute atomic E-state index is 7.65. The van der Waals surface area contributed by atoms with Gasteiger partial charge in [0.15, 0.2) is 0 Å². The van der Waals surface area contributed by atoms with Gasteiger partial charge in [0.2, 0.25) is 0 Å². The van der Waals surface area contributed by atoms with Crippen LogP contribution in [0.3, 0.4) is 0 Å². The van der Waals surface area contributed by atoms with Gasteiger partial charge in [-0.2, -0.15) is 0 Å². The van der Waals surface area contributed by atoms with Crippen molar-refractivity contribution < 1.29 is 5.02 Å². The molecule has 0 fully saturated rings. The topological polar surface area (TPSA) is 69.0 Å². The fraction of sp³-hybridized carbons (Fsp3) is 0. The van der Waals surface area contributed by atoms with Gasteiger partial charge in [0.05, 0.1) is 0 Å². The first-order chi connectivity index (χ1) is 2.41. The van der Waals surface area contributed by atoms with Gasteiger partial charge in [-0.05, 0) is 10.4 Å². The molecule has 0 saturated heterocycles. The van der Waals surface area contributed by atoms with Crippen LogP contribution >= 0.6 is 0 Å². The van der Waals surface area contributed by atoms with Gasteiger partial charge in [-0.25, -0.2) is 0 Å². The molecule has 0 radical (unpaired) electrons. The van der Waals surface area contributed by atoms with Crippen LogP contribution in [0.4, 0.5) is 0 Å². The van der Waals surface area contributed by atoms with Crippen LogP contribution in [0.25, 0.3) is 10.4 Å². The third-order valence-corrected chi connectivity index (χ3v) is 0.126. The number of nitrogens with zero attached hydrogens (tertiary/aromatic N) is 3. The lowest BCUT2D eigenvalue weighted by Gasteiger charge is -1.54. The fourth-order valence-corrected chi connectivity index (χ4v) is 0.0283. The van der Waals surface area contributed by atoms with E-state index in [0.717, 1.165) is 0 Å². The molecular weight excluding hydrogens is 68.8 g/mol. The highest BCUT2D eigenvalue weighted by Gasteiger charge is 1.61. The fourth-order valence-electron chi connectivity index (χ4n) is 0.0283. The van der Waals surface area contributed by atoms with E-state index in [1.165, 1.54) is 0 Å². The van der Waals surface area contributed by atoms with Gasteiger partial charge in [0.25, 0.3) is 0 Å². The van der Waals surface area contributed by atoms with E-state index in [0.29, 0.717) is 0 Å². The SMILES string of the molecule is [N-]=[N+]=NBO. The lowest BCUT2D eigenvalue weighted by molar-refractivity contribution is 0.604. The highest BCUT2D eigenvalue weighted by molar-refractivity contribution is 6.22. The maximum Gasteiger partial charge on any atom is 0.368 e. The smallest absolute Gasteiger partial charge is 0.368 e. The normalized spacial score (nSPS) is 5.00. The van der Waals surface area contributed by atoms with E-state index < -0.39 is 7.62 Å². The number of hydrogen-bond donors (Lipinski definition) is 1. The van der Waals surface area contributed by atoms with E-state index in [-0.39, 0.29) is 0 Å². The number of rotatable bonds is 1. The standard InChI is InChI=1S/BH2N3O/c2-4-3-1-5/h1,5H. The van der Waals surface area contributed by atoms with Crippen molar-refractivity contribution in [3.8, 4) is 0 Å². The molecule has 1 N–H and O–H groups in total. The molecule has 0 atom stereocenters. The lowest BCUT2D eigenvalue weighted by atomic mass is 10.4.